The molecule has 0 amide bonds. The minimum atomic E-state index is 0.0697. The van der Waals surface area contributed by atoms with Crippen LogP contribution in [0.2, 0.25) is 0 Å². The van der Waals surface area contributed by atoms with Gasteiger partial charge in [-0.2, -0.15) is 0 Å². The van der Waals surface area contributed by atoms with Crippen molar-refractivity contribution in [3.05, 3.63) is 185 Å². The summed E-state index contributed by atoms with van der Waals surface area (Å²) < 4.78 is 0. The van der Waals surface area contributed by atoms with Gasteiger partial charge in [0.1, 0.15) is 0 Å². The number of allylic oxidation sites excluding steroid dienone is 5. The second-order valence-corrected chi connectivity index (χ2v) is 14.9. The third kappa shape index (κ3) is 5.89. The first kappa shape index (κ1) is 33.3. The topological polar surface area (TPSA) is 25.8 Å². The number of hydrogen-bond donors (Lipinski definition) is 0. The molecule has 0 bridgehead atoms. The maximum absolute atomic E-state index is 5.38. The highest BCUT2D eigenvalue weighted by Crippen LogP contribution is 2.53. The van der Waals surface area contributed by atoms with Crippen LogP contribution in [0, 0.1) is 19.8 Å². The van der Waals surface area contributed by atoms with Crippen molar-refractivity contribution < 1.29 is 0 Å². The molecule has 0 saturated heterocycles. The number of aryl methyl sites for hydroxylation is 1. The van der Waals surface area contributed by atoms with Crippen LogP contribution < -0.4 is 0 Å². The fraction of sp³-hybridized carbons (Fsp3) is 0.160. The van der Waals surface area contributed by atoms with Gasteiger partial charge >= 0.3 is 0 Å². The summed E-state index contributed by atoms with van der Waals surface area (Å²) in [6.07, 6.45) is 13.4. The van der Waals surface area contributed by atoms with Crippen LogP contribution in [0.5, 0.6) is 0 Å². The number of rotatable bonds is 7. The standard InChI is InChI=1S/C50H44N2/c1-7-35-18-12-13-21-37(35)27-33(3)39-28-40(38-25-26-46-44(31-38)43-23-15-16-24-45(43)50(46,5)6)30-41(29-39)49-51-47(36-19-9-8-10-20-36)34(4)48(52-49)42-22-14-11-17-32(42)2/h7-31,43,45H,1H2,2-6H3/b33-27+. The average Bonchev–Trinajstić information content (AvgIpc) is 3.41. The van der Waals surface area contributed by atoms with Gasteiger partial charge in [0.2, 0.25) is 0 Å². The van der Waals surface area contributed by atoms with Crippen LogP contribution in [0.1, 0.15) is 65.6 Å². The predicted molar refractivity (Wildman–Crippen MR) is 221 cm³/mol. The summed E-state index contributed by atoms with van der Waals surface area (Å²) in [5, 5.41) is 0. The molecule has 0 spiro atoms. The van der Waals surface area contributed by atoms with Crippen molar-refractivity contribution in [2.75, 3.05) is 0 Å². The Morgan fingerprint density at radius 1 is 0.673 bits per heavy atom. The molecule has 0 saturated carbocycles. The van der Waals surface area contributed by atoms with Crippen LogP contribution >= 0.6 is 0 Å². The smallest absolute Gasteiger partial charge is 0.160 e. The fourth-order valence-corrected chi connectivity index (χ4v) is 8.30. The van der Waals surface area contributed by atoms with E-state index in [-0.39, 0.29) is 5.41 Å². The minimum absolute atomic E-state index is 0.0697. The van der Waals surface area contributed by atoms with Gasteiger partial charge < -0.3 is 0 Å². The molecule has 6 aromatic rings. The van der Waals surface area contributed by atoms with Crippen LogP contribution in [-0.2, 0) is 5.41 Å². The Balaban J connectivity index is 1.36. The third-order valence-electron chi connectivity index (χ3n) is 11.2. The van der Waals surface area contributed by atoms with E-state index in [0.29, 0.717) is 17.7 Å². The normalized spacial score (nSPS) is 17.1. The van der Waals surface area contributed by atoms with Gasteiger partial charge in [-0.15, -0.1) is 0 Å². The van der Waals surface area contributed by atoms with E-state index in [1.54, 1.807) is 0 Å². The first-order valence-electron chi connectivity index (χ1n) is 18.3. The molecule has 2 unspecified atom stereocenters. The molecule has 1 heterocycles. The highest BCUT2D eigenvalue weighted by atomic mass is 14.9. The van der Waals surface area contributed by atoms with E-state index in [1.165, 1.54) is 22.3 Å². The summed E-state index contributed by atoms with van der Waals surface area (Å²) in [4.78, 5) is 10.7. The molecule has 52 heavy (non-hydrogen) atoms. The monoisotopic (exact) mass is 672 g/mol. The zero-order valence-electron chi connectivity index (χ0n) is 30.7. The predicted octanol–water partition coefficient (Wildman–Crippen LogP) is 13.1. The molecule has 8 rings (SSSR count). The van der Waals surface area contributed by atoms with Crippen molar-refractivity contribution in [3.8, 4) is 45.0 Å². The molecule has 5 aromatic carbocycles. The van der Waals surface area contributed by atoms with Crippen molar-refractivity contribution in [2.24, 2.45) is 5.92 Å². The zero-order chi connectivity index (χ0) is 36.0. The van der Waals surface area contributed by atoms with Crippen molar-refractivity contribution in [3.63, 3.8) is 0 Å². The van der Waals surface area contributed by atoms with Crippen LogP contribution in [-0.4, -0.2) is 9.97 Å². The molecule has 0 N–H and O–H groups in total. The lowest BCUT2D eigenvalue weighted by Crippen LogP contribution is -2.24. The van der Waals surface area contributed by atoms with Gasteiger partial charge in [-0.25, -0.2) is 9.97 Å². The molecule has 2 atom stereocenters. The maximum atomic E-state index is 5.38. The molecule has 2 heteroatoms. The van der Waals surface area contributed by atoms with E-state index in [4.69, 9.17) is 9.97 Å². The van der Waals surface area contributed by atoms with Crippen LogP contribution in [0.3, 0.4) is 0 Å². The average molecular weight is 673 g/mol. The first-order chi connectivity index (χ1) is 25.2. The van der Waals surface area contributed by atoms with E-state index >= 15 is 0 Å². The molecule has 1 aromatic heterocycles. The largest absolute Gasteiger partial charge is 0.228 e. The Labute approximate surface area is 308 Å². The van der Waals surface area contributed by atoms with Gasteiger partial charge in [0.05, 0.1) is 11.4 Å². The van der Waals surface area contributed by atoms with Crippen molar-refractivity contribution in [2.45, 2.75) is 46.0 Å². The summed E-state index contributed by atoms with van der Waals surface area (Å²) in [7, 11) is 0. The fourth-order valence-electron chi connectivity index (χ4n) is 8.30. The number of benzene rings is 5. The quantitative estimate of drug-likeness (QED) is 0.158. The second-order valence-electron chi connectivity index (χ2n) is 14.9. The molecule has 0 aliphatic heterocycles. The van der Waals surface area contributed by atoms with Crippen molar-refractivity contribution >= 4 is 17.7 Å². The third-order valence-corrected chi connectivity index (χ3v) is 11.2. The van der Waals surface area contributed by atoms with Crippen LogP contribution in [0.15, 0.2) is 146 Å². The first-order valence-corrected chi connectivity index (χ1v) is 18.3. The van der Waals surface area contributed by atoms with Crippen molar-refractivity contribution in [1.82, 2.24) is 9.97 Å². The Morgan fingerprint density at radius 3 is 2.15 bits per heavy atom. The SMILES string of the molecule is C=Cc1ccccc1/C=C(\C)c1cc(-c2ccc3c(c2)C2C=CC=CC2C3(C)C)cc(-c2nc(-c3ccccc3)c(C)c(-c3ccccc3C)n2)c1. The summed E-state index contributed by atoms with van der Waals surface area (Å²) in [6.45, 7) is 15.3. The second kappa shape index (κ2) is 13.4. The van der Waals surface area contributed by atoms with Crippen LogP contribution in [0.25, 0.3) is 62.8 Å². The van der Waals surface area contributed by atoms with Gasteiger partial charge in [-0.3, -0.25) is 0 Å². The molecule has 2 nitrogen and oxygen atoms in total. The lowest BCUT2D eigenvalue weighted by atomic mass is 9.74. The Bertz CT molecular complexity index is 2440. The molecule has 2 aliphatic carbocycles. The Kier molecular flexibility index (Phi) is 8.55. The highest BCUT2D eigenvalue weighted by Gasteiger charge is 2.44. The van der Waals surface area contributed by atoms with Gasteiger partial charge in [-0.1, -0.05) is 154 Å². The Morgan fingerprint density at radius 2 is 1.37 bits per heavy atom. The minimum Gasteiger partial charge on any atom is -0.228 e. The van der Waals surface area contributed by atoms with E-state index in [0.717, 1.165) is 61.5 Å². The summed E-state index contributed by atoms with van der Waals surface area (Å²) in [6, 6.07) is 41.4. The van der Waals surface area contributed by atoms with Gasteiger partial charge in [-0.05, 0) is 100 Å². The number of hydrogen-bond acceptors (Lipinski definition) is 2. The van der Waals surface area contributed by atoms with Crippen LogP contribution in [0.4, 0.5) is 0 Å². The molecule has 0 radical (unpaired) electrons. The number of fused-ring (bicyclic) bond motifs is 3. The Hall–Kier alpha value is -5.86. The molecular formula is C50H44N2. The molecular weight excluding hydrogens is 629 g/mol. The lowest BCUT2D eigenvalue weighted by molar-refractivity contribution is 0.394. The maximum Gasteiger partial charge on any atom is 0.160 e. The van der Waals surface area contributed by atoms with E-state index in [1.807, 2.05) is 6.08 Å². The zero-order valence-corrected chi connectivity index (χ0v) is 30.7. The molecule has 254 valence electrons. The van der Waals surface area contributed by atoms with Gasteiger partial charge in [0.25, 0.3) is 0 Å². The number of aromatic nitrogens is 2. The summed E-state index contributed by atoms with van der Waals surface area (Å²) in [5.41, 5.74) is 17.2. The van der Waals surface area contributed by atoms with Crippen molar-refractivity contribution in [1.29, 1.82) is 0 Å². The lowest BCUT2D eigenvalue weighted by Gasteiger charge is -2.29. The summed E-state index contributed by atoms with van der Waals surface area (Å²) >= 11 is 0. The van der Waals surface area contributed by atoms with Gasteiger partial charge in [0.15, 0.2) is 5.82 Å². The highest BCUT2D eigenvalue weighted by molar-refractivity contribution is 5.87. The number of nitrogens with zero attached hydrogens (tertiary/aromatic N) is 2. The van der Waals surface area contributed by atoms with E-state index in [2.05, 4.69) is 187 Å². The summed E-state index contributed by atoms with van der Waals surface area (Å²) in [5.74, 6) is 1.55. The molecule has 0 fully saturated rings. The van der Waals surface area contributed by atoms with E-state index < -0.39 is 0 Å². The molecule has 2 aliphatic rings. The van der Waals surface area contributed by atoms with E-state index in [9.17, 15) is 0 Å². The van der Waals surface area contributed by atoms with Gasteiger partial charge in [0, 0.05) is 28.2 Å².